The molecule has 144 valence electrons. The van der Waals surface area contributed by atoms with Crippen LogP contribution in [0.3, 0.4) is 0 Å². The first-order chi connectivity index (χ1) is 13.3. The Morgan fingerprint density at radius 3 is 2.54 bits per heavy atom. The maximum Gasteiger partial charge on any atom is 0.322 e. The molecule has 0 aliphatic rings. The van der Waals surface area contributed by atoms with Gasteiger partial charge in [0.25, 0.3) is 5.91 Å². The van der Waals surface area contributed by atoms with Crippen LogP contribution in [0.25, 0.3) is 0 Å². The summed E-state index contributed by atoms with van der Waals surface area (Å²) >= 11 is 0. The molecule has 0 fully saturated rings. The summed E-state index contributed by atoms with van der Waals surface area (Å²) < 4.78 is 5.45. The highest BCUT2D eigenvalue weighted by atomic mass is 16.5. The van der Waals surface area contributed by atoms with Crippen molar-refractivity contribution in [2.24, 2.45) is 0 Å². The molecular weight excluding hydrogens is 366 g/mol. The smallest absolute Gasteiger partial charge is 0.322 e. The van der Waals surface area contributed by atoms with E-state index in [1.807, 2.05) is 0 Å². The molecule has 0 aliphatic heterocycles. The van der Waals surface area contributed by atoms with Crippen LogP contribution in [0, 0.1) is 11.8 Å². The number of carboxylic acid groups (broad SMARTS) is 1. The zero-order chi connectivity index (χ0) is 20.5. The van der Waals surface area contributed by atoms with E-state index in [0.717, 1.165) is 0 Å². The third kappa shape index (κ3) is 6.34. The van der Waals surface area contributed by atoms with Crippen molar-refractivity contribution >= 4 is 23.5 Å². The van der Waals surface area contributed by atoms with E-state index in [9.17, 15) is 19.5 Å². The maximum atomic E-state index is 11.7. The Hall–Kier alpha value is -4.06. The minimum absolute atomic E-state index is 0.0705. The second-order valence-electron chi connectivity index (χ2n) is 5.46. The molecule has 0 bridgehead atoms. The lowest BCUT2D eigenvalue weighted by Crippen LogP contribution is -2.29. The number of ether oxygens (including phenoxy) is 1. The summed E-state index contributed by atoms with van der Waals surface area (Å²) in [6.07, 6.45) is 1.28. The molecule has 4 N–H and O–H groups in total. The lowest BCUT2D eigenvalue weighted by atomic mass is 10.2. The molecule has 2 aromatic rings. The molecule has 0 unspecified atom stereocenters. The fourth-order valence-electron chi connectivity index (χ4n) is 2.03. The van der Waals surface area contributed by atoms with Crippen molar-refractivity contribution in [3.8, 4) is 23.3 Å². The minimum atomic E-state index is -1.21. The van der Waals surface area contributed by atoms with Crippen LogP contribution in [0.2, 0.25) is 0 Å². The number of rotatable bonds is 6. The van der Waals surface area contributed by atoms with Crippen LogP contribution in [-0.2, 0) is 9.59 Å². The predicted molar refractivity (Wildman–Crippen MR) is 99.0 cm³/mol. The first-order valence-corrected chi connectivity index (χ1v) is 8.03. The summed E-state index contributed by atoms with van der Waals surface area (Å²) in [5.74, 6) is 3.45. The van der Waals surface area contributed by atoms with Crippen LogP contribution in [0.5, 0.6) is 11.5 Å². The number of hydrogen-bond acceptors (Lipinski definition) is 6. The van der Waals surface area contributed by atoms with E-state index in [1.54, 1.807) is 24.3 Å². The number of amides is 2. The van der Waals surface area contributed by atoms with E-state index in [2.05, 4.69) is 27.5 Å². The third-order valence-electron chi connectivity index (χ3n) is 3.20. The number of carbonyl (C=O) groups is 3. The first-order valence-electron chi connectivity index (χ1n) is 8.03. The van der Waals surface area contributed by atoms with Gasteiger partial charge in [-0.25, -0.2) is 4.98 Å². The fourth-order valence-corrected chi connectivity index (χ4v) is 2.03. The number of anilines is 1. The Morgan fingerprint density at radius 1 is 1.21 bits per heavy atom. The highest BCUT2D eigenvalue weighted by Gasteiger charge is 2.13. The normalized spacial score (nSPS) is 9.61. The van der Waals surface area contributed by atoms with Gasteiger partial charge in [0, 0.05) is 24.4 Å². The first kappa shape index (κ1) is 20.3. The average Bonchev–Trinajstić information content (AvgIpc) is 2.64. The monoisotopic (exact) mass is 383 g/mol. The van der Waals surface area contributed by atoms with Gasteiger partial charge in [0.2, 0.25) is 5.91 Å². The molecule has 0 spiro atoms. The van der Waals surface area contributed by atoms with Crippen molar-refractivity contribution in [3.05, 3.63) is 47.8 Å². The van der Waals surface area contributed by atoms with Crippen LogP contribution in [0.1, 0.15) is 23.0 Å². The van der Waals surface area contributed by atoms with Gasteiger partial charge in [-0.05, 0) is 30.3 Å². The van der Waals surface area contributed by atoms with Crippen molar-refractivity contribution in [1.82, 2.24) is 10.3 Å². The molecule has 0 atom stereocenters. The van der Waals surface area contributed by atoms with E-state index in [4.69, 9.17) is 9.84 Å². The Balaban J connectivity index is 1.91. The van der Waals surface area contributed by atoms with Crippen molar-refractivity contribution in [2.45, 2.75) is 6.92 Å². The molecule has 1 aromatic heterocycles. The van der Waals surface area contributed by atoms with Crippen molar-refractivity contribution in [3.63, 3.8) is 0 Å². The van der Waals surface area contributed by atoms with Crippen molar-refractivity contribution in [2.75, 3.05) is 18.5 Å². The molecule has 0 radical (unpaired) electrons. The van der Waals surface area contributed by atoms with Gasteiger partial charge < -0.3 is 25.6 Å². The van der Waals surface area contributed by atoms with Crippen LogP contribution < -0.4 is 15.4 Å². The van der Waals surface area contributed by atoms with Gasteiger partial charge in [0.05, 0.1) is 0 Å². The van der Waals surface area contributed by atoms with Crippen LogP contribution >= 0.6 is 0 Å². The number of nitrogens with one attached hydrogen (secondary N) is 2. The lowest BCUT2D eigenvalue weighted by Gasteiger charge is -2.05. The molecule has 0 saturated carbocycles. The second kappa shape index (κ2) is 9.59. The number of hydrogen-bond donors (Lipinski definition) is 4. The van der Waals surface area contributed by atoms with Crippen LogP contribution in [-0.4, -0.2) is 46.1 Å². The Kier molecular flexibility index (Phi) is 6.93. The SMILES string of the molecule is CC(=O)Nc1ccc(OCC#Cc2cnc(C(=O)NCC(=O)O)c(O)c2)cc1. The summed E-state index contributed by atoms with van der Waals surface area (Å²) in [4.78, 5) is 36.9. The largest absolute Gasteiger partial charge is 0.505 e. The van der Waals surface area contributed by atoms with Crippen LogP contribution in [0.4, 0.5) is 5.69 Å². The highest BCUT2D eigenvalue weighted by Crippen LogP contribution is 2.16. The van der Waals surface area contributed by atoms with Crippen molar-refractivity contribution in [1.29, 1.82) is 0 Å². The van der Waals surface area contributed by atoms with E-state index < -0.39 is 24.2 Å². The van der Waals surface area contributed by atoms with Gasteiger partial charge in [-0.2, -0.15) is 0 Å². The fraction of sp³-hybridized carbons (Fsp3) is 0.158. The molecule has 9 nitrogen and oxygen atoms in total. The van der Waals surface area contributed by atoms with Gasteiger partial charge in [0.1, 0.15) is 24.7 Å². The van der Waals surface area contributed by atoms with Gasteiger partial charge in [-0.15, -0.1) is 0 Å². The summed E-state index contributed by atoms with van der Waals surface area (Å²) in [5, 5.41) is 23.1. The molecule has 9 heteroatoms. The second-order valence-corrected chi connectivity index (χ2v) is 5.46. The molecule has 28 heavy (non-hydrogen) atoms. The van der Waals surface area contributed by atoms with Crippen molar-refractivity contribution < 1.29 is 29.3 Å². The number of aromatic nitrogens is 1. The molecule has 2 rings (SSSR count). The molecule has 1 aromatic carbocycles. The van der Waals surface area contributed by atoms with Crippen LogP contribution in [0.15, 0.2) is 36.5 Å². The summed E-state index contributed by atoms with van der Waals surface area (Å²) in [6.45, 7) is 0.910. The zero-order valence-electron chi connectivity index (χ0n) is 14.9. The number of carbonyl (C=O) groups excluding carboxylic acids is 2. The maximum absolute atomic E-state index is 11.7. The summed E-state index contributed by atoms with van der Waals surface area (Å²) in [5.41, 5.74) is 0.721. The van der Waals surface area contributed by atoms with Gasteiger partial charge in [0.15, 0.2) is 5.69 Å². The number of nitrogens with zero attached hydrogens (tertiary/aromatic N) is 1. The quantitative estimate of drug-likeness (QED) is 0.546. The minimum Gasteiger partial charge on any atom is -0.505 e. The topological polar surface area (TPSA) is 138 Å². The Labute approximate surface area is 160 Å². The number of carboxylic acids is 1. The molecule has 1 heterocycles. The zero-order valence-corrected chi connectivity index (χ0v) is 14.9. The summed E-state index contributed by atoms with van der Waals surface area (Å²) in [6, 6.07) is 8.01. The van der Waals surface area contributed by atoms with Gasteiger partial charge in [-0.3, -0.25) is 14.4 Å². The molecular formula is C19H17N3O6. The Morgan fingerprint density at radius 2 is 1.93 bits per heavy atom. The van der Waals surface area contributed by atoms with E-state index in [1.165, 1.54) is 19.2 Å². The highest BCUT2D eigenvalue weighted by molar-refractivity contribution is 5.96. The Bertz CT molecular complexity index is 944. The third-order valence-corrected chi connectivity index (χ3v) is 3.20. The standard InChI is InChI=1S/C19H17N3O6/c1-12(23)22-14-4-6-15(7-5-14)28-8-2-3-13-9-16(24)18(20-10-13)19(27)21-11-17(25)26/h4-7,9-10,24H,8,11H2,1H3,(H,21,27)(H,22,23)(H,25,26). The van der Waals surface area contributed by atoms with E-state index in [-0.39, 0.29) is 18.2 Å². The number of aliphatic carboxylic acids is 1. The number of benzene rings is 1. The van der Waals surface area contributed by atoms with E-state index in [0.29, 0.717) is 17.0 Å². The lowest BCUT2D eigenvalue weighted by molar-refractivity contribution is -0.135. The molecule has 0 aliphatic carbocycles. The van der Waals surface area contributed by atoms with E-state index >= 15 is 0 Å². The van der Waals surface area contributed by atoms with Gasteiger partial charge in [-0.1, -0.05) is 11.8 Å². The average molecular weight is 383 g/mol. The number of aromatic hydroxyl groups is 1. The summed E-state index contributed by atoms with van der Waals surface area (Å²) in [7, 11) is 0. The number of pyridine rings is 1. The molecule has 2 amide bonds. The van der Waals surface area contributed by atoms with Gasteiger partial charge >= 0.3 is 5.97 Å². The molecule has 0 saturated heterocycles. The predicted octanol–water partition coefficient (Wildman–Crippen LogP) is 0.990.